The van der Waals surface area contributed by atoms with E-state index in [4.69, 9.17) is 9.26 Å². The number of fused-ring (bicyclic) bond motifs is 1. The molecule has 0 saturated carbocycles. The Labute approximate surface area is 192 Å². The minimum atomic E-state index is -0.435. The van der Waals surface area contributed by atoms with Gasteiger partial charge in [0.25, 0.3) is 5.56 Å². The first kappa shape index (κ1) is 21.5. The van der Waals surface area contributed by atoms with Crippen LogP contribution in [0.3, 0.4) is 0 Å². The Kier molecular flexibility index (Phi) is 5.64. The molecule has 0 amide bonds. The van der Waals surface area contributed by atoms with E-state index in [1.165, 1.54) is 21.2 Å². The van der Waals surface area contributed by atoms with E-state index in [2.05, 4.69) is 15.2 Å². The van der Waals surface area contributed by atoms with Crippen molar-refractivity contribution in [2.45, 2.75) is 20.1 Å². The van der Waals surface area contributed by atoms with E-state index in [1.54, 1.807) is 24.5 Å². The van der Waals surface area contributed by atoms with E-state index in [0.717, 1.165) is 5.56 Å². The molecule has 1 N–H and O–H groups in total. The molecule has 172 valence electrons. The molecule has 0 bridgehead atoms. The number of hydrogen-bond acceptors (Lipinski definition) is 7. The van der Waals surface area contributed by atoms with Crippen molar-refractivity contribution in [3.8, 4) is 28.4 Å². The van der Waals surface area contributed by atoms with Gasteiger partial charge in [-0.3, -0.25) is 4.79 Å². The van der Waals surface area contributed by atoms with Crippen LogP contribution >= 0.6 is 0 Å². The number of nitrogens with zero attached hydrogens (tertiary/aromatic N) is 5. The standard InChI is InChI=1S/C24H20FN5O4/c1-2-33-18-8-4-6-16(12-18)23-26-20(34-28-23)13-29-9-10-30-22(24(29)32)19(14-31)21(27-30)15-5-3-7-17(25)11-15/h3-12,31H,2,13-14H2,1H3. The molecular formula is C24H20FN5O4. The highest BCUT2D eigenvalue weighted by molar-refractivity contribution is 5.72. The van der Waals surface area contributed by atoms with E-state index in [9.17, 15) is 14.3 Å². The van der Waals surface area contributed by atoms with Crippen LogP contribution in [0.2, 0.25) is 0 Å². The van der Waals surface area contributed by atoms with Crippen LogP contribution in [-0.2, 0) is 13.2 Å². The van der Waals surface area contributed by atoms with Gasteiger partial charge in [-0.05, 0) is 31.2 Å². The summed E-state index contributed by atoms with van der Waals surface area (Å²) in [5.41, 5.74) is 1.62. The molecule has 0 saturated heterocycles. The summed E-state index contributed by atoms with van der Waals surface area (Å²) in [6.45, 7) is 2.03. The lowest BCUT2D eigenvalue weighted by molar-refractivity contribution is 0.283. The van der Waals surface area contributed by atoms with Crippen LogP contribution in [0, 0.1) is 5.82 Å². The number of halogens is 1. The van der Waals surface area contributed by atoms with Gasteiger partial charge >= 0.3 is 0 Å². The van der Waals surface area contributed by atoms with Gasteiger partial charge < -0.3 is 18.9 Å². The molecule has 5 rings (SSSR count). The summed E-state index contributed by atoms with van der Waals surface area (Å²) in [5, 5.41) is 18.4. The molecule has 0 spiro atoms. The lowest BCUT2D eigenvalue weighted by atomic mass is 10.1. The fourth-order valence-corrected chi connectivity index (χ4v) is 3.77. The minimum absolute atomic E-state index is 0.0266. The molecule has 9 nitrogen and oxygen atoms in total. The lowest BCUT2D eigenvalue weighted by Crippen LogP contribution is -2.22. The zero-order valence-corrected chi connectivity index (χ0v) is 18.2. The number of aromatic nitrogens is 5. The Morgan fingerprint density at radius 1 is 1.12 bits per heavy atom. The molecule has 3 aromatic heterocycles. The molecule has 0 aliphatic heterocycles. The maximum atomic E-state index is 13.7. The second-order valence-corrected chi connectivity index (χ2v) is 7.49. The average Bonchev–Trinajstić information content (AvgIpc) is 3.46. The molecule has 3 heterocycles. The van der Waals surface area contributed by atoms with Crippen LogP contribution < -0.4 is 10.3 Å². The molecule has 0 aliphatic rings. The summed E-state index contributed by atoms with van der Waals surface area (Å²) in [4.78, 5) is 17.6. The smallest absolute Gasteiger partial charge is 0.277 e. The lowest BCUT2D eigenvalue weighted by Gasteiger charge is -2.04. The van der Waals surface area contributed by atoms with Crippen molar-refractivity contribution in [3.05, 3.63) is 88.5 Å². The first-order valence-electron chi connectivity index (χ1n) is 10.6. The molecule has 5 aromatic rings. The fourth-order valence-electron chi connectivity index (χ4n) is 3.77. The maximum absolute atomic E-state index is 13.7. The van der Waals surface area contributed by atoms with Gasteiger partial charge in [-0.1, -0.05) is 29.4 Å². The third-order valence-electron chi connectivity index (χ3n) is 5.29. The van der Waals surface area contributed by atoms with Crippen LogP contribution in [0.15, 0.2) is 70.2 Å². The Bertz CT molecular complexity index is 1540. The van der Waals surface area contributed by atoms with Crippen LogP contribution in [0.4, 0.5) is 4.39 Å². The molecular weight excluding hydrogens is 441 g/mol. The molecule has 0 aliphatic carbocycles. The zero-order chi connectivity index (χ0) is 23.7. The number of aliphatic hydroxyl groups excluding tert-OH is 1. The van der Waals surface area contributed by atoms with E-state index in [0.29, 0.717) is 35.0 Å². The molecule has 2 aromatic carbocycles. The molecule has 0 unspecified atom stereocenters. The molecule has 0 atom stereocenters. The van der Waals surface area contributed by atoms with Crippen molar-refractivity contribution < 1.29 is 18.8 Å². The van der Waals surface area contributed by atoms with Gasteiger partial charge in [0.1, 0.15) is 23.6 Å². The molecule has 10 heteroatoms. The molecule has 34 heavy (non-hydrogen) atoms. The summed E-state index contributed by atoms with van der Waals surface area (Å²) in [6.07, 6.45) is 3.12. The summed E-state index contributed by atoms with van der Waals surface area (Å²) >= 11 is 0. The first-order valence-corrected chi connectivity index (χ1v) is 10.6. The monoisotopic (exact) mass is 461 g/mol. The van der Waals surface area contributed by atoms with Crippen LogP contribution in [0.5, 0.6) is 5.75 Å². The zero-order valence-electron chi connectivity index (χ0n) is 18.2. The van der Waals surface area contributed by atoms with Crippen molar-refractivity contribution in [1.82, 2.24) is 24.3 Å². The summed E-state index contributed by atoms with van der Waals surface area (Å²) in [7, 11) is 0. The number of aliphatic hydroxyl groups is 1. The predicted molar refractivity (Wildman–Crippen MR) is 121 cm³/mol. The Morgan fingerprint density at radius 2 is 1.94 bits per heavy atom. The topological polar surface area (TPSA) is 108 Å². The van der Waals surface area contributed by atoms with Crippen molar-refractivity contribution in [3.63, 3.8) is 0 Å². The normalized spacial score (nSPS) is 11.3. The van der Waals surface area contributed by atoms with Gasteiger partial charge in [-0.25, -0.2) is 8.91 Å². The van der Waals surface area contributed by atoms with E-state index < -0.39 is 18.0 Å². The Hall–Kier alpha value is -4.31. The number of rotatable bonds is 7. The third-order valence-corrected chi connectivity index (χ3v) is 5.29. The maximum Gasteiger partial charge on any atom is 0.277 e. The summed E-state index contributed by atoms with van der Waals surface area (Å²) < 4.78 is 27.4. The number of ether oxygens (including phenoxy) is 1. The predicted octanol–water partition coefficient (Wildman–Crippen LogP) is 3.29. The molecule has 0 fully saturated rings. The Morgan fingerprint density at radius 3 is 2.74 bits per heavy atom. The third kappa shape index (κ3) is 3.95. The summed E-state index contributed by atoms with van der Waals surface area (Å²) in [5.74, 6) is 0.868. The van der Waals surface area contributed by atoms with Crippen molar-refractivity contribution >= 4 is 5.52 Å². The van der Waals surface area contributed by atoms with Crippen molar-refractivity contribution in [2.24, 2.45) is 0 Å². The fraction of sp³-hybridized carbons (Fsp3) is 0.167. The van der Waals surface area contributed by atoms with Gasteiger partial charge in [-0.15, -0.1) is 0 Å². The SMILES string of the molecule is CCOc1cccc(-c2noc(Cn3ccn4nc(-c5cccc(F)c5)c(CO)c4c3=O)n2)c1. The van der Waals surface area contributed by atoms with Crippen molar-refractivity contribution in [2.75, 3.05) is 6.61 Å². The van der Waals surface area contributed by atoms with Crippen LogP contribution in [0.1, 0.15) is 18.4 Å². The Balaban J connectivity index is 1.49. The summed E-state index contributed by atoms with van der Waals surface area (Å²) in [6, 6.07) is 13.2. The van der Waals surface area contributed by atoms with E-state index in [-0.39, 0.29) is 18.0 Å². The van der Waals surface area contributed by atoms with Gasteiger partial charge in [0.2, 0.25) is 11.7 Å². The van der Waals surface area contributed by atoms with Crippen LogP contribution in [-0.4, -0.2) is 36.0 Å². The number of benzene rings is 2. The van der Waals surface area contributed by atoms with E-state index >= 15 is 0 Å². The highest BCUT2D eigenvalue weighted by Gasteiger charge is 2.19. The molecule has 0 radical (unpaired) electrons. The van der Waals surface area contributed by atoms with Gasteiger partial charge in [0.15, 0.2) is 0 Å². The highest BCUT2D eigenvalue weighted by Crippen LogP contribution is 2.26. The highest BCUT2D eigenvalue weighted by atomic mass is 19.1. The van der Waals surface area contributed by atoms with Gasteiger partial charge in [0.05, 0.1) is 18.9 Å². The quantitative estimate of drug-likeness (QED) is 0.396. The van der Waals surface area contributed by atoms with Gasteiger partial charge in [0, 0.05) is 29.1 Å². The van der Waals surface area contributed by atoms with Gasteiger partial charge in [-0.2, -0.15) is 10.1 Å². The largest absolute Gasteiger partial charge is 0.494 e. The second kappa shape index (κ2) is 8.91. The first-order chi connectivity index (χ1) is 16.6. The number of hydrogen-bond donors (Lipinski definition) is 1. The van der Waals surface area contributed by atoms with Crippen LogP contribution in [0.25, 0.3) is 28.2 Å². The average molecular weight is 461 g/mol. The minimum Gasteiger partial charge on any atom is -0.494 e. The van der Waals surface area contributed by atoms with E-state index in [1.807, 2.05) is 31.2 Å². The van der Waals surface area contributed by atoms with Crippen molar-refractivity contribution in [1.29, 1.82) is 0 Å². The second-order valence-electron chi connectivity index (χ2n) is 7.49.